The van der Waals surface area contributed by atoms with Crippen molar-refractivity contribution < 1.29 is 20.5 Å². The quantitative estimate of drug-likeness (QED) is 0.537. The van der Waals surface area contributed by atoms with Gasteiger partial charge in [-0.25, -0.2) is 0 Å². The van der Waals surface area contributed by atoms with Crippen LogP contribution in [0.2, 0.25) is 0 Å². The molecular weight excluding hydrogens is 387 g/mol. The maximum absolute atomic E-state index is 11.7. The Morgan fingerprint density at radius 3 is 1.71 bits per heavy atom. The number of methoxy groups -OCH3 is 1. The van der Waals surface area contributed by atoms with Crippen LogP contribution in [-0.2, 0) is 15.7 Å². The topological polar surface area (TPSA) is 61.8 Å². The van der Waals surface area contributed by atoms with Gasteiger partial charge < -0.3 is 0 Å². The van der Waals surface area contributed by atoms with E-state index in [0.717, 1.165) is 0 Å². The van der Waals surface area contributed by atoms with Gasteiger partial charge in [0.25, 0.3) is 0 Å². The molecule has 0 aliphatic carbocycles. The van der Waals surface area contributed by atoms with Crippen LogP contribution < -0.4 is 4.74 Å². The normalized spacial score (nSPS) is 10.3. The van der Waals surface area contributed by atoms with E-state index >= 15 is 0 Å². The minimum atomic E-state index is -2.93. The van der Waals surface area contributed by atoms with E-state index < -0.39 is 32.6 Å². The van der Waals surface area contributed by atoms with Gasteiger partial charge in [-0.2, -0.15) is 0 Å². The van der Waals surface area contributed by atoms with Crippen LogP contribution in [-0.4, -0.2) is 19.0 Å². The SMILES string of the molecule is C=C(C)C(=O)OI(OC(=O)C(=C)C)c1ccc(OC)cc1. The van der Waals surface area contributed by atoms with E-state index in [4.69, 9.17) is 10.9 Å². The second-order valence-electron chi connectivity index (χ2n) is 4.17. The van der Waals surface area contributed by atoms with Gasteiger partial charge in [-0.3, -0.25) is 0 Å². The first-order valence-electron chi connectivity index (χ1n) is 5.95. The molecule has 0 bridgehead atoms. The van der Waals surface area contributed by atoms with E-state index in [-0.39, 0.29) is 11.1 Å². The number of ether oxygens (including phenoxy) is 1. The molecule has 1 rings (SSSR count). The van der Waals surface area contributed by atoms with Crippen molar-refractivity contribution in [1.29, 1.82) is 0 Å². The van der Waals surface area contributed by atoms with Crippen molar-refractivity contribution in [3.05, 3.63) is 52.1 Å². The van der Waals surface area contributed by atoms with Gasteiger partial charge in [0.2, 0.25) is 0 Å². The molecule has 0 aliphatic heterocycles. The summed E-state index contributed by atoms with van der Waals surface area (Å²) in [6.07, 6.45) is 0. The number of hydrogen-bond donors (Lipinski definition) is 0. The molecular formula is C15H17IO5. The summed E-state index contributed by atoms with van der Waals surface area (Å²) < 4.78 is 16.3. The van der Waals surface area contributed by atoms with Crippen molar-refractivity contribution in [2.45, 2.75) is 13.8 Å². The summed E-state index contributed by atoms with van der Waals surface area (Å²) in [5.74, 6) is -0.497. The van der Waals surface area contributed by atoms with E-state index in [2.05, 4.69) is 13.2 Å². The molecule has 1 aromatic rings. The minimum absolute atomic E-state index is 0.247. The molecule has 1 aromatic carbocycles. The van der Waals surface area contributed by atoms with Crippen molar-refractivity contribution in [3.8, 4) is 5.75 Å². The number of carbonyl (C=O) groups excluding carboxylic acids is 2. The van der Waals surface area contributed by atoms with E-state index in [1.54, 1.807) is 31.4 Å². The van der Waals surface area contributed by atoms with Crippen LogP contribution in [0, 0.1) is 3.57 Å². The third-order valence-corrected chi connectivity index (χ3v) is 5.54. The van der Waals surface area contributed by atoms with Crippen LogP contribution >= 0.6 is 20.6 Å². The van der Waals surface area contributed by atoms with Crippen LogP contribution in [0.15, 0.2) is 48.6 Å². The van der Waals surface area contributed by atoms with Gasteiger partial charge in [-0.1, -0.05) is 0 Å². The van der Waals surface area contributed by atoms with Gasteiger partial charge in [-0.05, 0) is 0 Å². The maximum atomic E-state index is 11.7. The Labute approximate surface area is 132 Å². The van der Waals surface area contributed by atoms with E-state index in [1.165, 1.54) is 13.8 Å². The summed E-state index contributed by atoms with van der Waals surface area (Å²) in [5.41, 5.74) is 0.495. The van der Waals surface area contributed by atoms with Gasteiger partial charge in [0.15, 0.2) is 0 Å². The molecule has 0 amide bonds. The second kappa shape index (κ2) is 7.82. The molecule has 6 heteroatoms. The standard InChI is InChI=1S/C15H17IO5/c1-10(2)14(17)20-16(21-15(18)11(3)4)12-6-8-13(19-5)9-7-12/h6-9H,1,3H2,2,4-5H3. The summed E-state index contributed by atoms with van der Waals surface area (Å²) in [7, 11) is 1.55. The Hall–Kier alpha value is -1.83. The predicted molar refractivity (Wildman–Crippen MR) is 87.5 cm³/mol. The number of carbonyl (C=O) groups is 2. The molecule has 0 N–H and O–H groups in total. The van der Waals surface area contributed by atoms with Gasteiger partial charge >= 0.3 is 132 Å². The van der Waals surface area contributed by atoms with Crippen LogP contribution in [0.4, 0.5) is 0 Å². The zero-order valence-electron chi connectivity index (χ0n) is 12.1. The summed E-state index contributed by atoms with van der Waals surface area (Å²) >= 11 is -2.93. The Morgan fingerprint density at radius 1 is 0.952 bits per heavy atom. The molecule has 0 atom stereocenters. The Kier molecular flexibility index (Phi) is 6.41. The molecule has 21 heavy (non-hydrogen) atoms. The van der Waals surface area contributed by atoms with Gasteiger partial charge in [0, 0.05) is 0 Å². The van der Waals surface area contributed by atoms with E-state index in [9.17, 15) is 9.59 Å². The molecule has 0 spiro atoms. The van der Waals surface area contributed by atoms with Crippen LogP contribution in [0.5, 0.6) is 5.75 Å². The zero-order valence-corrected chi connectivity index (χ0v) is 14.3. The van der Waals surface area contributed by atoms with Crippen molar-refractivity contribution in [1.82, 2.24) is 0 Å². The molecule has 114 valence electrons. The Bertz CT molecular complexity index is 534. The van der Waals surface area contributed by atoms with Crippen molar-refractivity contribution in [2.75, 3.05) is 7.11 Å². The fourth-order valence-electron chi connectivity index (χ4n) is 1.04. The van der Waals surface area contributed by atoms with Crippen LogP contribution in [0.3, 0.4) is 0 Å². The van der Waals surface area contributed by atoms with Crippen molar-refractivity contribution >= 4 is 32.6 Å². The fourth-order valence-corrected chi connectivity index (χ4v) is 4.06. The Morgan fingerprint density at radius 2 is 1.38 bits per heavy atom. The Balaban J connectivity index is 2.98. The number of rotatable bonds is 6. The molecule has 0 heterocycles. The predicted octanol–water partition coefficient (Wildman–Crippen LogP) is 3.44. The third-order valence-electron chi connectivity index (χ3n) is 2.20. The first kappa shape index (κ1) is 17.2. The molecule has 5 nitrogen and oxygen atoms in total. The van der Waals surface area contributed by atoms with Gasteiger partial charge in [-0.15, -0.1) is 0 Å². The molecule has 0 fully saturated rings. The van der Waals surface area contributed by atoms with Crippen LogP contribution in [0.25, 0.3) is 0 Å². The molecule has 0 aromatic heterocycles. The second-order valence-corrected chi connectivity index (χ2v) is 7.53. The summed E-state index contributed by atoms with van der Waals surface area (Å²) in [6.45, 7) is 10.1. The first-order valence-corrected chi connectivity index (χ1v) is 8.80. The monoisotopic (exact) mass is 404 g/mol. The molecule has 0 saturated heterocycles. The third kappa shape index (κ3) is 5.22. The molecule has 0 radical (unpaired) electrons. The van der Waals surface area contributed by atoms with Crippen molar-refractivity contribution in [2.24, 2.45) is 0 Å². The summed E-state index contributed by atoms with van der Waals surface area (Å²) in [6, 6.07) is 6.84. The summed E-state index contributed by atoms with van der Waals surface area (Å²) in [5, 5.41) is 0. The number of hydrogen-bond acceptors (Lipinski definition) is 5. The van der Waals surface area contributed by atoms with Crippen molar-refractivity contribution in [3.63, 3.8) is 0 Å². The number of halogens is 1. The van der Waals surface area contributed by atoms with Gasteiger partial charge in [0.1, 0.15) is 0 Å². The molecule has 0 aliphatic rings. The summed E-state index contributed by atoms with van der Waals surface area (Å²) in [4.78, 5) is 23.4. The zero-order chi connectivity index (χ0) is 16.0. The molecule has 0 unspecified atom stereocenters. The average molecular weight is 404 g/mol. The van der Waals surface area contributed by atoms with Gasteiger partial charge in [0.05, 0.1) is 0 Å². The van der Waals surface area contributed by atoms with E-state index in [1.807, 2.05) is 0 Å². The van der Waals surface area contributed by atoms with E-state index in [0.29, 0.717) is 9.32 Å². The number of benzene rings is 1. The first-order chi connectivity index (χ1) is 9.85. The average Bonchev–Trinajstić information content (AvgIpc) is 2.46. The molecule has 0 saturated carbocycles. The van der Waals surface area contributed by atoms with Crippen LogP contribution in [0.1, 0.15) is 13.8 Å². The fraction of sp³-hybridized carbons (Fsp3) is 0.200.